The molecule has 19 heavy (non-hydrogen) atoms. The number of aromatic hydroxyl groups is 1. The van der Waals surface area contributed by atoms with E-state index in [1.165, 1.54) is 18.9 Å². The summed E-state index contributed by atoms with van der Waals surface area (Å²) in [7, 11) is 1.36. The molecule has 0 amide bonds. The van der Waals surface area contributed by atoms with Crippen molar-refractivity contribution in [1.82, 2.24) is 0 Å². The van der Waals surface area contributed by atoms with Crippen molar-refractivity contribution < 1.29 is 14.6 Å². The van der Waals surface area contributed by atoms with Gasteiger partial charge in [0.15, 0.2) is 0 Å². The van der Waals surface area contributed by atoms with Crippen LogP contribution in [0.4, 0.5) is 0 Å². The lowest BCUT2D eigenvalue weighted by Gasteiger charge is -2.06. The molecule has 0 aromatic heterocycles. The molecule has 0 unspecified atom stereocenters. The van der Waals surface area contributed by atoms with Crippen molar-refractivity contribution in [3.8, 4) is 5.75 Å². The summed E-state index contributed by atoms with van der Waals surface area (Å²) in [5.74, 6) is -0.143. The molecule has 2 aromatic carbocycles. The molecule has 0 fully saturated rings. The number of hydrogen-bond donors (Lipinski definition) is 1. The van der Waals surface area contributed by atoms with Crippen molar-refractivity contribution in [3.63, 3.8) is 0 Å². The second kappa shape index (κ2) is 6.12. The first kappa shape index (κ1) is 14.0. The average Bonchev–Trinajstić information content (AvgIpc) is 2.42. The maximum atomic E-state index is 11.6. The lowest BCUT2D eigenvalue weighted by molar-refractivity contribution is 0.0599. The zero-order valence-corrected chi connectivity index (χ0v) is 12.5. The van der Waals surface area contributed by atoms with Crippen LogP contribution in [0, 0.1) is 0 Å². The Morgan fingerprint density at radius 1 is 1.16 bits per heavy atom. The van der Waals surface area contributed by atoms with Gasteiger partial charge in [-0.2, -0.15) is 0 Å². The number of hydrogen-bond acceptors (Lipinski definition) is 4. The number of halogens is 1. The Morgan fingerprint density at radius 3 is 2.42 bits per heavy atom. The van der Waals surface area contributed by atoms with Gasteiger partial charge in [-0.3, -0.25) is 0 Å². The first-order valence-electron chi connectivity index (χ1n) is 5.45. The molecule has 0 spiro atoms. The molecule has 2 rings (SSSR count). The van der Waals surface area contributed by atoms with Gasteiger partial charge >= 0.3 is 5.97 Å². The van der Waals surface area contributed by atoms with Gasteiger partial charge in [-0.25, -0.2) is 4.79 Å². The van der Waals surface area contributed by atoms with E-state index in [-0.39, 0.29) is 11.7 Å². The van der Waals surface area contributed by atoms with Crippen LogP contribution in [0.25, 0.3) is 0 Å². The number of benzene rings is 2. The van der Waals surface area contributed by atoms with Crippen molar-refractivity contribution in [2.45, 2.75) is 9.79 Å². The number of rotatable bonds is 3. The van der Waals surface area contributed by atoms with Gasteiger partial charge in [0.1, 0.15) is 5.75 Å². The second-order valence-corrected chi connectivity index (χ2v) is 5.73. The number of ether oxygens (including phenoxy) is 1. The van der Waals surface area contributed by atoms with E-state index in [0.29, 0.717) is 10.0 Å². The van der Waals surface area contributed by atoms with Gasteiger partial charge in [0, 0.05) is 14.3 Å². The van der Waals surface area contributed by atoms with E-state index in [1.54, 1.807) is 18.2 Å². The van der Waals surface area contributed by atoms with Gasteiger partial charge < -0.3 is 9.84 Å². The minimum absolute atomic E-state index is 0.232. The molecule has 1 N–H and O–H groups in total. The van der Waals surface area contributed by atoms with Crippen molar-refractivity contribution in [3.05, 3.63) is 52.5 Å². The number of methoxy groups -OCH3 is 1. The number of carbonyl (C=O) groups is 1. The van der Waals surface area contributed by atoms with Gasteiger partial charge in [-0.05, 0) is 58.4 Å². The largest absolute Gasteiger partial charge is 0.508 e. The quantitative estimate of drug-likeness (QED) is 0.856. The molecule has 0 heterocycles. The Bertz CT molecular complexity index is 596. The van der Waals surface area contributed by atoms with Gasteiger partial charge in [0.2, 0.25) is 0 Å². The summed E-state index contributed by atoms with van der Waals surface area (Å²) < 4.78 is 5.43. The molecule has 0 atom stereocenters. The summed E-state index contributed by atoms with van der Waals surface area (Å²) in [5, 5.41) is 9.23. The highest BCUT2D eigenvalue weighted by atomic mass is 79.9. The van der Waals surface area contributed by atoms with Crippen LogP contribution < -0.4 is 0 Å². The summed E-state index contributed by atoms with van der Waals surface area (Å²) in [6.07, 6.45) is 0. The minimum Gasteiger partial charge on any atom is -0.508 e. The van der Waals surface area contributed by atoms with Crippen LogP contribution in [-0.2, 0) is 4.74 Å². The fraction of sp³-hybridized carbons (Fsp3) is 0.0714. The van der Waals surface area contributed by atoms with E-state index in [4.69, 9.17) is 4.74 Å². The number of esters is 1. The monoisotopic (exact) mass is 338 g/mol. The first-order valence-corrected chi connectivity index (χ1v) is 7.06. The molecule has 98 valence electrons. The van der Waals surface area contributed by atoms with Crippen molar-refractivity contribution in [2.24, 2.45) is 0 Å². The van der Waals surface area contributed by atoms with E-state index in [9.17, 15) is 9.90 Å². The summed E-state index contributed by atoms with van der Waals surface area (Å²) >= 11 is 4.83. The van der Waals surface area contributed by atoms with Crippen LogP contribution >= 0.6 is 27.7 Å². The molecule has 0 aliphatic heterocycles. The minimum atomic E-state index is -0.375. The Morgan fingerprint density at radius 2 is 1.79 bits per heavy atom. The Hall–Kier alpha value is -1.46. The third-order valence-electron chi connectivity index (χ3n) is 2.42. The van der Waals surface area contributed by atoms with Crippen LogP contribution in [0.5, 0.6) is 5.75 Å². The van der Waals surface area contributed by atoms with E-state index in [1.807, 2.05) is 24.3 Å². The lowest BCUT2D eigenvalue weighted by Crippen LogP contribution is -2.02. The topological polar surface area (TPSA) is 46.5 Å². The van der Waals surface area contributed by atoms with Crippen LogP contribution in [0.1, 0.15) is 10.4 Å². The zero-order valence-electron chi connectivity index (χ0n) is 10.1. The van der Waals surface area contributed by atoms with Crippen LogP contribution in [0.2, 0.25) is 0 Å². The molecular formula is C14H11BrO3S. The van der Waals surface area contributed by atoms with Crippen molar-refractivity contribution >= 4 is 33.7 Å². The fourth-order valence-corrected chi connectivity index (χ4v) is 2.75. The summed E-state index contributed by atoms with van der Waals surface area (Å²) in [6, 6.07) is 12.4. The average molecular weight is 339 g/mol. The van der Waals surface area contributed by atoms with Crippen LogP contribution in [0.15, 0.2) is 56.7 Å². The van der Waals surface area contributed by atoms with Crippen LogP contribution in [0.3, 0.4) is 0 Å². The summed E-state index contributed by atoms with van der Waals surface area (Å²) in [5.41, 5.74) is 0.492. The highest BCUT2D eigenvalue weighted by Gasteiger charge is 2.11. The molecule has 5 heteroatoms. The second-order valence-electron chi connectivity index (χ2n) is 3.73. The third-order valence-corrected chi connectivity index (χ3v) is 4.10. The molecular weight excluding hydrogens is 328 g/mol. The van der Waals surface area contributed by atoms with E-state index < -0.39 is 0 Å². The molecule has 0 aliphatic rings. The Balaban J connectivity index is 2.26. The predicted molar refractivity (Wildman–Crippen MR) is 77.7 cm³/mol. The standard InChI is InChI=1S/C14H11BrO3S/c1-18-14(17)12-8-11(6-7-13(12)15)19-10-4-2-9(16)3-5-10/h2-8,16H,1H3. The Labute approximate surface area is 123 Å². The number of carbonyl (C=O) groups excluding carboxylic acids is 1. The molecule has 0 aliphatic carbocycles. The van der Waals surface area contributed by atoms with Crippen molar-refractivity contribution in [1.29, 1.82) is 0 Å². The fourth-order valence-electron chi connectivity index (χ4n) is 1.48. The maximum Gasteiger partial charge on any atom is 0.339 e. The van der Waals surface area contributed by atoms with E-state index >= 15 is 0 Å². The molecule has 2 aromatic rings. The van der Waals surface area contributed by atoms with E-state index in [2.05, 4.69) is 15.9 Å². The smallest absolute Gasteiger partial charge is 0.339 e. The molecule has 0 radical (unpaired) electrons. The summed E-state index contributed by atoms with van der Waals surface area (Å²) in [6.45, 7) is 0. The van der Waals surface area contributed by atoms with E-state index in [0.717, 1.165) is 9.79 Å². The first-order chi connectivity index (χ1) is 9.10. The predicted octanol–water partition coefficient (Wildman–Crippen LogP) is 4.09. The lowest BCUT2D eigenvalue weighted by atomic mass is 10.2. The number of phenols is 1. The van der Waals surface area contributed by atoms with Gasteiger partial charge in [-0.1, -0.05) is 11.8 Å². The number of phenolic OH excluding ortho intramolecular Hbond substituents is 1. The van der Waals surface area contributed by atoms with Gasteiger partial charge in [0.05, 0.1) is 12.7 Å². The molecule has 0 saturated carbocycles. The highest BCUT2D eigenvalue weighted by Crippen LogP contribution is 2.31. The molecule has 0 saturated heterocycles. The maximum absolute atomic E-state index is 11.6. The molecule has 0 bridgehead atoms. The molecule has 3 nitrogen and oxygen atoms in total. The highest BCUT2D eigenvalue weighted by molar-refractivity contribution is 9.10. The van der Waals surface area contributed by atoms with Gasteiger partial charge in [-0.15, -0.1) is 0 Å². The Kier molecular flexibility index (Phi) is 4.50. The zero-order chi connectivity index (χ0) is 13.8. The SMILES string of the molecule is COC(=O)c1cc(Sc2ccc(O)cc2)ccc1Br. The van der Waals surface area contributed by atoms with Gasteiger partial charge in [0.25, 0.3) is 0 Å². The third kappa shape index (κ3) is 3.52. The summed E-state index contributed by atoms with van der Waals surface area (Å²) in [4.78, 5) is 13.5. The normalized spacial score (nSPS) is 10.2. The van der Waals surface area contributed by atoms with Crippen LogP contribution in [-0.4, -0.2) is 18.2 Å². The van der Waals surface area contributed by atoms with Crippen molar-refractivity contribution in [2.75, 3.05) is 7.11 Å².